The molecule has 1 aromatic carbocycles. The molecular weight excluding hydrogens is 256 g/mol. The number of methoxy groups -OCH3 is 1. The van der Waals surface area contributed by atoms with Gasteiger partial charge in [0.1, 0.15) is 11.0 Å². The Morgan fingerprint density at radius 1 is 1.28 bits per heavy atom. The van der Waals surface area contributed by atoms with Crippen molar-refractivity contribution in [2.45, 2.75) is 19.1 Å². The van der Waals surface area contributed by atoms with Crippen LogP contribution in [0.15, 0.2) is 24.3 Å². The zero-order valence-corrected chi connectivity index (χ0v) is 11.4. The fourth-order valence-electron chi connectivity index (χ4n) is 1.39. The van der Waals surface area contributed by atoms with Crippen LogP contribution < -0.4 is 4.74 Å². The summed E-state index contributed by atoms with van der Waals surface area (Å²) in [5, 5.41) is -1.22. The minimum absolute atomic E-state index is 0.0164. The summed E-state index contributed by atoms with van der Waals surface area (Å²) in [6.07, 6.45) is 0. The normalized spacial score (nSPS) is 13.1. The highest BCUT2D eigenvalue weighted by Gasteiger charge is 2.29. The molecule has 0 amide bonds. The zero-order chi connectivity index (χ0) is 13.8. The first-order valence-corrected chi connectivity index (χ1v) is 6.96. The smallest absolute Gasteiger partial charge is 0.277 e. The Morgan fingerprint density at radius 3 is 2.28 bits per heavy atom. The molecule has 0 saturated carbocycles. The van der Waals surface area contributed by atoms with E-state index in [0.29, 0.717) is 11.3 Å². The summed E-state index contributed by atoms with van der Waals surface area (Å²) in [4.78, 5) is 12.0. The Balaban J connectivity index is 2.93. The number of carbonyl (C=O) groups is 1. The van der Waals surface area contributed by atoms with Crippen LogP contribution in [-0.2, 0) is 14.3 Å². The van der Waals surface area contributed by atoms with E-state index >= 15 is 0 Å². The van der Waals surface area contributed by atoms with Crippen molar-refractivity contribution < 1.29 is 22.1 Å². The fraction of sp³-hybridized carbons (Fsp3) is 0.417. The first kappa shape index (κ1) is 14.7. The number of ketones is 1. The molecule has 0 radical (unpaired) electrons. The lowest BCUT2D eigenvalue weighted by atomic mass is 10.1. The lowest BCUT2D eigenvalue weighted by Gasteiger charge is -2.11. The van der Waals surface area contributed by atoms with Crippen LogP contribution in [0.2, 0.25) is 0 Å². The molecule has 0 spiro atoms. The summed E-state index contributed by atoms with van der Waals surface area (Å²) >= 11 is 0. The van der Waals surface area contributed by atoms with Gasteiger partial charge in [0.05, 0.1) is 13.7 Å². The fourth-order valence-corrected chi connectivity index (χ4v) is 2.32. The van der Waals surface area contributed by atoms with Crippen molar-refractivity contribution in [3.63, 3.8) is 0 Å². The molecule has 0 fully saturated rings. The second kappa shape index (κ2) is 5.97. The third-order valence-electron chi connectivity index (χ3n) is 2.46. The molecule has 1 aromatic rings. The molecule has 0 aromatic heterocycles. The second-order valence-electron chi connectivity index (χ2n) is 3.63. The molecular formula is C12H16O5S. The first-order valence-electron chi connectivity index (χ1n) is 5.49. The van der Waals surface area contributed by atoms with Gasteiger partial charge >= 0.3 is 0 Å². The molecule has 0 aliphatic heterocycles. The van der Waals surface area contributed by atoms with E-state index in [4.69, 9.17) is 4.74 Å². The van der Waals surface area contributed by atoms with E-state index in [1.807, 2.05) is 0 Å². The average molecular weight is 272 g/mol. The van der Waals surface area contributed by atoms with E-state index in [0.717, 1.165) is 0 Å². The van der Waals surface area contributed by atoms with Crippen molar-refractivity contribution in [3.05, 3.63) is 29.8 Å². The summed E-state index contributed by atoms with van der Waals surface area (Å²) < 4.78 is 32.8. The Hall–Kier alpha value is -1.40. The van der Waals surface area contributed by atoms with Gasteiger partial charge in [-0.3, -0.25) is 8.98 Å². The van der Waals surface area contributed by atoms with E-state index in [2.05, 4.69) is 4.18 Å². The van der Waals surface area contributed by atoms with Gasteiger partial charge in [0.2, 0.25) is 0 Å². The van der Waals surface area contributed by atoms with Gasteiger partial charge in [-0.25, -0.2) is 0 Å². The predicted molar refractivity (Wildman–Crippen MR) is 67.3 cm³/mol. The van der Waals surface area contributed by atoms with Crippen molar-refractivity contribution in [3.8, 4) is 5.75 Å². The van der Waals surface area contributed by atoms with Crippen LogP contribution in [0.25, 0.3) is 0 Å². The number of carbonyl (C=O) groups excluding carboxylic acids is 1. The van der Waals surface area contributed by atoms with Crippen molar-refractivity contribution in [2.75, 3.05) is 13.7 Å². The number of Topliss-reactive ketones (excluding diaryl/α,β-unsaturated/α-hetero) is 1. The van der Waals surface area contributed by atoms with Gasteiger partial charge in [0.15, 0.2) is 5.78 Å². The Kier molecular flexibility index (Phi) is 4.86. The molecule has 0 N–H and O–H groups in total. The molecule has 6 heteroatoms. The van der Waals surface area contributed by atoms with Crippen LogP contribution in [0, 0.1) is 0 Å². The van der Waals surface area contributed by atoms with Crippen LogP contribution in [0.5, 0.6) is 5.75 Å². The molecule has 1 unspecified atom stereocenters. The molecule has 0 bridgehead atoms. The quantitative estimate of drug-likeness (QED) is 0.581. The van der Waals surface area contributed by atoms with Gasteiger partial charge in [0.25, 0.3) is 10.1 Å². The van der Waals surface area contributed by atoms with E-state index < -0.39 is 21.2 Å². The largest absolute Gasteiger partial charge is 0.497 e. The summed E-state index contributed by atoms with van der Waals surface area (Å²) in [5.41, 5.74) is 0.312. The van der Waals surface area contributed by atoms with Crippen LogP contribution in [-0.4, -0.2) is 33.2 Å². The summed E-state index contributed by atoms with van der Waals surface area (Å²) in [6, 6.07) is 6.26. The maximum atomic E-state index is 12.0. The maximum absolute atomic E-state index is 12.0. The van der Waals surface area contributed by atoms with Crippen molar-refractivity contribution >= 4 is 15.9 Å². The summed E-state index contributed by atoms with van der Waals surface area (Å²) in [6.45, 7) is 2.89. The number of hydrogen-bond donors (Lipinski definition) is 0. The van der Waals surface area contributed by atoms with Gasteiger partial charge in [-0.2, -0.15) is 8.42 Å². The van der Waals surface area contributed by atoms with E-state index in [1.165, 1.54) is 26.2 Å². The van der Waals surface area contributed by atoms with Crippen LogP contribution >= 0.6 is 0 Å². The highest BCUT2D eigenvalue weighted by Crippen LogP contribution is 2.16. The van der Waals surface area contributed by atoms with Gasteiger partial charge in [-0.1, -0.05) is 0 Å². The third-order valence-corrected chi connectivity index (χ3v) is 4.10. The van der Waals surface area contributed by atoms with Crippen molar-refractivity contribution in [1.82, 2.24) is 0 Å². The van der Waals surface area contributed by atoms with Crippen LogP contribution in [0.3, 0.4) is 0 Å². The lowest BCUT2D eigenvalue weighted by molar-refractivity contribution is 0.0987. The molecule has 0 aliphatic carbocycles. The Bertz CT molecular complexity index is 504. The van der Waals surface area contributed by atoms with E-state index in [-0.39, 0.29) is 6.61 Å². The molecule has 1 atom stereocenters. The van der Waals surface area contributed by atoms with Gasteiger partial charge in [-0.15, -0.1) is 0 Å². The number of rotatable bonds is 6. The van der Waals surface area contributed by atoms with Crippen molar-refractivity contribution in [1.29, 1.82) is 0 Å². The van der Waals surface area contributed by atoms with E-state index in [9.17, 15) is 13.2 Å². The molecule has 18 heavy (non-hydrogen) atoms. The van der Waals surface area contributed by atoms with Crippen LogP contribution in [0.1, 0.15) is 24.2 Å². The minimum atomic E-state index is -3.85. The van der Waals surface area contributed by atoms with Gasteiger partial charge in [0, 0.05) is 5.56 Å². The first-order chi connectivity index (χ1) is 8.42. The number of hydrogen-bond acceptors (Lipinski definition) is 5. The highest BCUT2D eigenvalue weighted by atomic mass is 32.2. The topological polar surface area (TPSA) is 69.7 Å². The Morgan fingerprint density at radius 2 is 1.83 bits per heavy atom. The predicted octanol–water partition coefficient (Wildman–Crippen LogP) is 1.63. The SMILES string of the molecule is CCOS(=O)(=O)C(C)C(=O)c1ccc(OC)cc1. The van der Waals surface area contributed by atoms with E-state index in [1.54, 1.807) is 19.1 Å². The molecule has 5 nitrogen and oxygen atoms in total. The van der Waals surface area contributed by atoms with Gasteiger partial charge in [-0.05, 0) is 38.1 Å². The molecule has 0 aliphatic rings. The summed E-state index contributed by atoms with van der Waals surface area (Å²) in [5.74, 6) is 0.109. The van der Waals surface area contributed by atoms with Crippen LogP contribution in [0.4, 0.5) is 0 Å². The standard InChI is InChI=1S/C12H16O5S/c1-4-17-18(14,15)9(2)12(13)10-5-7-11(16-3)8-6-10/h5-9H,4H2,1-3H3. The maximum Gasteiger partial charge on any atom is 0.277 e. The number of benzene rings is 1. The number of ether oxygens (including phenoxy) is 1. The second-order valence-corrected chi connectivity index (χ2v) is 5.56. The van der Waals surface area contributed by atoms with Gasteiger partial charge < -0.3 is 4.74 Å². The molecule has 1 rings (SSSR count). The lowest BCUT2D eigenvalue weighted by Crippen LogP contribution is -2.29. The summed E-state index contributed by atoms with van der Waals surface area (Å²) in [7, 11) is -2.34. The highest BCUT2D eigenvalue weighted by molar-refractivity contribution is 7.88. The minimum Gasteiger partial charge on any atom is -0.497 e. The Labute approximate surface area is 107 Å². The molecule has 100 valence electrons. The molecule has 0 saturated heterocycles. The zero-order valence-electron chi connectivity index (χ0n) is 10.5. The monoisotopic (exact) mass is 272 g/mol. The third kappa shape index (κ3) is 3.30. The molecule has 0 heterocycles. The average Bonchev–Trinajstić information content (AvgIpc) is 2.37. The van der Waals surface area contributed by atoms with Crippen molar-refractivity contribution in [2.24, 2.45) is 0 Å².